The molecule has 0 aliphatic rings. The van der Waals surface area contributed by atoms with E-state index in [0.717, 1.165) is 24.8 Å². The van der Waals surface area contributed by atoms with Crippen LogP contribution in [0.2, 0.25) is 10.0 Å². The number of hydrogen-bond acceptors (Lipinski definition) is 1. The molecule has 0 aliphatic carbocycles. The fourth-order valence-corrected chi connectivity index (χ4v) is 1.97. The van der Waals surface area contributed by atoms with Gasteiger partial charge in [-0.25, -0.2) is 0 Å². The molecular weight excluding hydrogens is 231 g/mol. The zero-order chi connectivity index (χ0) is 11.3. The van der Waals surface area contributed by atoms with Gasteiger partial charge in [0.1, 0.15) is 0 Å². The minimum absolute atomic E-state index is 0.302. The molecule has 0 radical (unpaired) electrons. The summed E-state index contributed by atoms with van der Waals surface area (Å²) in [5.74, 6) is 0. The van der Waals surface area contributed by atoms with Crippen LogP contribution in [0.4, 0.5) is 0 Å². The van der Waals surface area contributed by atoms with Crippen molar-refractivity contribution in [2.24, 2.45) is 0 Å². The average Bonchev–Trinajstić information content (AvgIpc) is 2.19. The lowest BCUT2D eigenvalue weighted by Crippen LogP contribution is -2.10. The quantitative estimate of drug-likeness (QED) is 0.830. The highest BCUT2D eigenvalue weighted by Crippen LogP contribution is 2.22. The Bertz CT molecular complexity index is 312. The fourth-order valence-electron chi connectivity index (χ4n) is 1.48. The van der Waals surface area contributed by atoms with E-state index >= 15 is 0 Å². The number of aliphatic hydroxyl groups excluding tert-OH is 1. The van der Waals surface area contributed by atoms with Crippen molar-refractivity contribution in [3.05, 3.63) is 33.8 Å². The van der Waals surface area contributed by atoms with E-state index in [2.05, 4.69) is 6.92 Å². The van der Waals surface area contributed by atoms with Gasteiger partial charge < -0.3 is 5.11 Å². The predicted octanol–water partition coefficient (Wildman–Crippen LogP) is 4.09. The van der Waals surface area contributed by atoms with Gasteiger partial charge in [-0.3, -0.25) is 0 Å². The smallest absolute Gasteiger partial charge is 0.0581 e. The van der Waals surface area contributed by atoms with Crippen LogP contribution in [-0.4, -0.2) is 11.2 Å². The van der Waals surface area contributed by atoms with Gasteiger partial charge in [-0.05, 0) is 30.5 Å². The Morgan fingerprint density at radius 3 is 2.67 bits per heavy atom. The SMILES string of the molecule is CCCC[C@H](O)Cc1ccc(Cl)cc1Cl. The summed E-state index contributed by atoms with van der Waals surface area (Å²) < 4.78 is 0. The Morgan fingerprint density at radius 1 is 1.33 bits per heavy atom. The van der Waals surface area contributed by atoms with E-state index in [4.69, 9.17) is 23.2 Å². The fraction of sp³-hybridized carbons (Fsp3) is 0.500. The zero-order valence-electron chi connectivity index (χ0n) is 8.84. The van der Waals surface area contributed by atoms with E-state index < -0.39 is 0 Å². The number of rotatable bonds is 5. The number of halogens is 2. The summed E-state index contributed by atoms with van der Waals surface area (Å²) in [6.07, 6.45) is 3.28. The maximum absolute atomic E-state index is 9.74. The molecule has 1 atom stereocenters. The molecular formula is C12H16Cl2O. The van der Waals surface area contributed by atoms with Crippen molar-refractivity contribution in [2.45, 2.75) is 38.7 Å². The Morgan fingerprint density at radius 2 is 2.07 bits per heavy atom. The van der Waals surface area contributed by atoms with Crippen LogP contribution in [0, 0.1) is 0 Å². The third-order valence-electron chi connectivity index (χ3n) is 2.36. The average molecular weight is 247 g/mol. The molecule has 1 aromatic carbocycles. The van der Waals surface area contributed by atoms with Gasteiger partial charge in [-0.2, -0.15) is 0 Å². The van der Waals surface area contributed by atoms with Crippen LogP contribution in [0.1, 0.15) is 31.7 Å². The van der Waals surface area contributed by atoms with Gasteiger partial charge in [0.25, 0.3) is 0 Å². The molecule has 1 N–H and O–H groups in total. The Labute approximate surface area is 101 Å². The lowest BCUT2D eigenvalue weighted by atomic mass is 10.0. The zero-order valence-corrected chi connectivity index (χ0v) is 10.4. The third-order valence-corrected chi connectivity index (χ3v) is 2.95. The Balaban J connectivity index is 2.56. The molecule has 15 heavy (non-hydrogen) atoms. The van der Waals surface area contributed by atoms with Crippen LogP contribution in [0.3, 0.4) is 0 Å². The van der Waals surface area contributed by atoms with E-state index in [1.807, 2.05) is 6.07 Å². The van der Waals surface area contributed by atoms with Crippen LogP contribution in [0.15, 0.2) is 18.2 Å². The third kappa shape index (κ3) is 4.42. The molecule has 0 heterocycles. The summed E-state index contributed by atoms with van der Waals surface area (Å²) in [4.78, 5) is 0. The van der Waals surface area contributed by atoms with Crippen molar-refractivity contribution in [2.75, 3.05) is 0 Å². The first-order valence-electron chi connectivity index (χ1n) is 5.25. The van der Waals surface area contributed by atoms with Crippen LogP contribution < -0.4 is 0 Å². The lowest BCUT2D eigenvalue weighted by molar-refractivity contribution is 0.162. The molecule has 1 rings (SSSR count). The van der Waals surface area contributed by atoms with Gasteiger partial charge >= 0.3 is 0 Å². The number of aliphatic hydroxyl groups is 1. The molecule has 0 bridgehead atoms. The summed E-state index contributed by atoms with van der Waals surface area (Å²) in [5, 5.41) is 11.0. The van der Waals surface area contributed by atoms with Crippen LogP contribution in [-0.2, 0) is 6.42 Å². The molecule has 0 saturated heterocycles. The van der Waals surface area contributed by atoms with Crippen LogP contribution >= 0.6 is 23.2 Å². The van der Waals surface area contributed by atoms with E-state index in [9.17, 15) is 5.11 Å². The predicted molar refractivity (Wildman–Crippen MR) is 65.7 cm³/mol. The highest BCUT2D eigenvalue weighted by atomic mass is 35.5. The molecule has 3 heteroatoms. The van der Waals surface area contributed by atoms with Crippen molar-refractivity contribution in [3.8, 4) is 0 Å². The topological polar surface area (TPSA) is 20.2 Å². The van der Waals surface area contributed by atoms with Gasteiger partial charge in [0.15, 0.2) is 0 Å². The first kappa shape index (κ1) is 12.8. The molecule has 0 amide bonds. The number of hydrogen-bond donors (Lipinski definition) is 1. The van der Waals surface area contributed by atoms with Crippen molar-refractivity contribution in [1.29, 1.82) is 0 Å². The summed E-state index contributed by atoms with van der Waals surface area (Å²) in [7, 11) is 0. The van der Waals surface area contributed by atoms with E-state index in [-0.39, 0.29) is 6.10 Å². The van der Waals surface area contributed by atoms with Crippen molar-refractivity contribution in [1.82, 2.24) is 0 Å². The highest BCUT2D eigenvalue weighted by molar-refractivity contribution is 6.35. The molecule has 0 aromatic heterocycles. The molecule has 0 unspecified atom stereocenters. The number of unbranched alkanes of at least 4 members (excludes halogenated alkanes) is 1. The van der Waals surface area contributed by atoms with Crippen LogP contribution in [0.25, 0.3) is 0 Å². The minimum Gasteiger partial charge on any atom is -0.393 e. The Kier molecular flexibility index (Phi) is 5.44. The molecule has 1 nitrogen and oxygen atoms in total. The second-order valence-electron chi connectivity index (χ2n) is 3.74. The van der Waals surface area contributed by atoms with E-state index in [1.54, 1.807) is 12.1 Å². The van der Waals surface area contributed by atoms with Gasteiger partial charge in [-0.1, -0.05) is 49.0 Å². The van der Waals surface area contributed by atoms with Gasteiger partial charge in [0.05, 0.1) is 6.10 Å². The van der Waals surface area contributed by atoms with Crippen molar-refractivity contribution >= 4 is 23.2 Å². The van der Waals surface area contributed by atoms with Gasteiger partial charge in [0, 0.05) is 10.0 Å². The Hall–Kier alpha value is -0.240. The number of benzene rings is 1. The summed E-state index contributed by atoms with van der Waals surface area (Å²) >= 11 is 11.8. The largest absolute Gasteiger partial charge is 0.393 e. The minimum atomic E-state index is -0.302. The molecule has 0 saturated carbocycles. The lowest BCUT2D eigenvalue weighted by Gasteiger charge is -2.11. The first-order chi connectivity index (χ1) is 7.13. The van der Waals surface area contributed by atoms with E-state index in [1.165, 1.54) is 0 Å². The maximum Gasteiger partial charge on any atom is 0.0581 e. The summed E-state index contributed by atoms with van der Waals surface area (Å²) in [6, 6.07) is 5.39. The van der Waals surface area contributed by atoms with Gasteiger partial charge in [-0.15, -0.1) is 0 Å². The summed E-state index contributed by atoms with van der Waals surface area (Å²) in [6.45, 7) is 2.11. The molecule has 0 fully saturated rings. The first-order valence-corrected chi connectivity index (χ1v) is 6.01. The summed E-state index contributed by atoms with van der Waals surface area (Å²) in [5.41, 5.74) is 0.963. The second-order valence-corrected chi connectivity index (χ2v) is 4.58. The maximum atomic E-state index is 9.74. The highest BCUT2D eigenvalue weighted by Gasteiger charge is 2.08. The van der Waals surface area contributed by atoms with Crippen molar-refractivity contribution < 1.29 is 5.11 Å². The standard InChI is InChI=1S/C12H16Cl2O/c1-2-3-4-11(15)7-9-5-6-10(13)8-12(9)14/h5-6,8,11,15H,2-4,7H2,1H3/t11-/m0/s1. The van der Waals surface area contributed by atoms with Crippen LogP contribution in [0.5, 0.6) is 0 Å². The van der Waals surface area contributed by atoms with E-state index in [0.29, 0.717) is 16.5 Å². The monoisotopic (exact) mass is 246 g/mol. The molecule has 1 aromatic rings. The van der Waals surface area contributed by atoms with Crippen molar-refractivity contribution in [3.63, 3.8) is 0 Å². The molecule has 0 spiro atoms. The molecule has 0 aliphatic heterocycles. The van der Waals surface area contributed by atoms with Gasteiger partial charge in [0.2, 0.25) is 0 Å². The molecule has 84 valence electrons. The second kappa shape index (κ2) is 6.37. The normalized spacial score (nSPS) is 12.8.